The van der Waals surface area contributed by atoms with Crippen LogP contribution in [0.3, 0.4) is 0 Å². The molecule has 2 saturated heterocycles. The highest BCUT2D eigenvalue weighted by Crippen LogP contribution is 2.37. The Balaban J connectivity index is 1.01. The van der Waals surface area contributed by atoms with Gasteiger partial charge in [-0.05, 0) is 99.2 Å². The van der Waals surface area contributed by atoms with Crippen LogP contribution >= 0.6 is 22.9 Å². The molecule has 7 rings (SSSR count). The van der Waals surface area contributed by atoms with Crippen molar-refractivity contribution >= 4 is 56.5 Å². The van der Waals surface area contributed by atoms with Gasteiger partial charge in [-0.15, -0.1) is 11.3 Å². The summed E-state index contributed by atoms with van der Waals surface area (Å²) in [5.41, 5.74) is 2.13. The number of carboxylic acids is 1. The van der Waals surface area contributed by atoms with Crippen molar-refractivity contribution in [3.63, 3.8) is 0 Å². The van der Waals surface area contributed by atoms with Crippen molar-refractivity contribution in [2.24, 2.45) is 17.8 Å². The molecule has 3 heterocycles. The molecule has 1 aliphatic carbocycles. The van der Waals surface area contributed by atoms with Crippen LogP contribution in [-0.4, -0.2) is 71.1 Å². The van der Waals surface area contributed by atoms with E-state index in [4.69, 9.17) is 16.3 Å². The third kappa shape index (κ3) is 8.52. The first-order chi connectivity index (χ1) is 25.2. The van der Waals surface area contributed by atoms with Crippen LogP contribution in [0.4, 0.5) is 10.1 Å². The van der Waals surface area contributed by atoms with Crippen molar-refractivity contribution in [1.82, 2.24) is 9.80 Å². The van der Waals surface area contributed by atoms with E-state index in [0.29, 0.717) is 56.2 Å². The standard InChI is InChI=1S/C41H45ClFN3O5S/c42-35-19-29(36(43)21-37(35)44-40(48)34-25-52-38-9-5-4-8-33(34)38)20-39(47)46-23-30(18-31(46)24-51-32-12-10-28(11-13-32)41(49)50)27-14-16-45(17-15-27)22-26-6-2-1-3-7-26/h1-9,19,21,25,27-28,30-32H,10-18,20,22-24H2,(H,44,48)(H,49,50)/t28-,30-,31-,32-/m0/s1. The van der Waals surface area contributed by atoms with E-state index in [0.717, 1.165) is 49.0 Å². The van der Waals surface area contributed by atoms with Crippen LogP contribution in [0.25, 0.3) is 10.1 Å². The van der Waals surface area contributed by atoms with Crippen LogP contribution < -0.4 is 5.32 Å². The van der Waals surface area contributed by atoms with Crippen LogP contribution in [0.2, 0.25) is 5.02 Å². The quantitative estimate of drug-likeness (QED) is 0.160. The summed E-state index contributed by atoms with van der Waals surface area (Å²) in [6.07, 6.45) is 5.33. The van der Waals surface area contributed by atoms with E-state index in [-0.39, 0.29) is 52.6 Å². The van der Waals surface area contributed by atoms with Crippen LogP contribution in [0.1, 0.15) is 66.4 Å². The van der Waals surface area contributed by atoms with E-state index < -0.39 is 11.8 Å². The molecule has 0 radical (unpaired) electrons. The maximum absolute atomic E-state index is 15.6. The van der Waals surface area contributed by atoms with Crippen molar-refractivity contribution in [2.75, 3.05) is 31.6 Å². The minimum atomic E-state index is -0.748. The smallest absolute Gasteiger partial charge is 0.306 e. The highest BCUT2D eigenvalue weighted by molar-refractivity contribution is 7.17. The number of halogens is 2. The fourth-order valence-corrected chi connectivity index (χ4v) is 9.51. The lowest BCUT2D eigenvalue weighted by atomic mass is 9.83. The fraction of sp³-hybridized carbons (Fsp3) is 0.439. The van der Waals surface area contributed by atoms with Crippen molar-refractivity contribution < 1.29 is 28.6 Å². The second kappa shape index (κ2) is 16.5. The molecule has 2 aliphatic heterocycles. The molecule has 2 atom stereocenters. The maximum Gasteiger partial charge on any atom is 0.306 e. The zero-order valence-electron chi connectivity index (χ0n) is 29.1. The molecular weight excluding hydrogens is 701 g/mol. The van der Waals surface area contributed by atoms with Gasteiger partial charge in [0.05, 0.1) is 47.4 Å². The van der Waals surface area contributed by atoms with Crippen LogP contribution in [0.15, 0.2) is 72.1 Å². The number of rotatable bonds is 11. The number of nitrogens with one attached hydrogen (secondary N) is 1. The monoisotopic (exact) mass is 745 g/mol. The van der Waals surface area contributed by atoms with Gasteiger partial charge in [0, 0.05) is 28.6 Å². The van der Waals surface area contributed by atoms with Gasteiger partial charge < -0.3 is 20.1 Å². The lowest BCUT2D eigenvalue weighted by molar-refractivity contribution is -0.144. The number of benzene rings is 3. The molecule has 274 valence electrons. The van der Waals surface area contributed by atoms with E-state index >= 15 is 4.39 Å². The number of nitrogens with zero attached hydrogens (tertiary/aromatic N) is 2. The maximum atomic E-state index is 15.6. The van der Waals surface area contributed by atoms with Crippen molar-refractivity contribution in [2.45, 2.75) is 70.1 Å². The molecule has 52 heavy (non-hydrogen) atoms. The molecule has 8 nitrogen and oxygen atoms in total. The number of hydrogen-bond donors (Lipinski definition) is 2. The first-order valence-corrected chi connectivity index (χ1v) is 19.6. The van der Waals surface area contributed by atoms with E-state index in [2.05, 4.69) is 34.5 Å². The van der Waals surface area contributed by atoms with Gasteiger partial charge in [-0.2, -0.15) is 0 Å². The Hall–Kier alpha value is -3.83. The number of likely N-dealkylation sites (tertiary alicyclic amines) is 2. The molecule has 4 aromatic rings. The Kier molecular flexibility index (Phi) is 11.6. The normalized spacial score (nSPS) is 22.8. The highest BCUT2D eigenvalue weighted by atomic mass is 35.5. The summed E-state index contributed by atoms with van der Waals surface area (Å²) in [7, 11) is 0. The molecule has 1 aromatic heterocycles. The number of fused-ring (bicyclic) bond motifs is 1. The summed E-state index contributed by atoms with van der Waals surface area (Å²) in [4.78, 5) is 43.0. The minimum Gasteiger partial charge on any atom is -0.481 e. The molecular formula is C41H45ClFN3O5S. The topological polar surface area (TPSA) is 99.2 Å². The number of thiophene rings is 1. The first kappa shape index (κ1) is 36.5. The SMILES string of the molecule is O=C(Nc1cc(F)c(CC(=O)N2C[C@@H](C3CCN(Cc4ccccc4)CC3)C[C@H]2CO[C@H]2CC[C@H](C(=O)O)CC2)cc1Cl)c1csc2ccccc12. The lowest BCUT2D eigenvalue weighted by Gasteiger charge is -2.34. The zero-order valence-corrected chi connectivity index (χ0v) is 30.7. The second-order valence-electron chi connectivity index (χ2n) is 14.6. The molecule has 11 heteroatoms. The van der Waals surface area contributed by atoms with E-state index in [1.54, 1.807) is 5.38 Å². The van der Waals surface area contributed by atoms with Crippen molar-refractivity contribution in [3.8, 4) is 0 Å². The largest absolute Gasteiger partial charge is 0.481 e. The number of anilines is 1. The molecule has 0 spiro atoms. The Morgan fingerprint density at radius 2 is 1.67 bits per heavy atom. The molecule has 3 fully saturated rings. The van der Waals surface area contributed by atoms with Crippen molar-refractivity contribution in [3.05, 3.63) is 99.6 Å². The summed E-state index contributed by atoms with van der Waals surface area (Å²) in [5, 5.41) is 14.9. The number of carbonyl (C=O) groups excluding carboxylic acids is 2. The molecule has 1 saturated carbocycles. The molecule has 0 bridgehead atoms. The van der Waals surface area contributed by atoms with Gasteiger partial charge in [0.2, 0.25) is 5.91 Å². The fourth-order valence-electron chi connectivity index (χ4n) is 8.33. The summed E-state index contributed by atoms with van der Waals surface area (Å²) in [6, 6.07) is 20.6. The average Bonchev–Trinajstić information content (AvgIpc) is 3.79. The Morgan fingerprint density at radius 3 is 2.42 bits per heavy atom. The highest BCUT2D eigenvalue weighted by Gasteiger charge is 2.40. The zero-order chi connectivity index (χ0) is 36.2. The third-order valence-corrected chi connectivity index (χ3v) is 12.6. The first-order valence-electron chi connectivity index (χ1n) is 18.4. The van der Waals surface area contributed by atoms with E-state index in [1.165, 1.54) is 29.0 Å². The van der Waals surface area contributed by atoms with Gasteiger partial charge >= 0.3 is 5.97 Å². The predicted octanol–water partition coefficient (Wildman–Crippen LogP) is 8.28. The number of ether oxygens (including phenoxy) is 1. The van der Waals surface area contributed by atoms with Gasteiger partial charge in [-0.25, -0.2) is 4.39 Å². The molecule has 3 aliphatic rings. The average molecular weight is 746 g/mol. The van der Waals surface area contributed by atoms with Gasteiger partial charge in [0.1, 0.15) is 5.82 Å². The second-order valence-corrected chi connectivity index (χ2v) is 16.0. The predicted molar refractivity (Wildman–Crippen MR) is 202 cm³/mol. The van der Waals surface area contributed by atoms with Gasteiger partial charge in [0.25, 0.3) is 5.91 Å². The van der Waals surface area contributed by atoms with Gasteiger partial charge in [-0.3, -0.25) is 19.3 Å². The van der Waals surface area contributed by atoms with Crippen LogP contribution in [-0.2, 0) is 27.3 Å². The molecule has 2 amide bonds. The van der Waals surface area contributed by atoms with Crippen LogP contribution in [0.5, 0.6) is 0 Å². The van der Waals surface area contributed by atoms with Gasteiger partial charge in [0.15, 0.2) is 0 Å². The number of piperidine rings is 1. The van der Waals surface area contributed by atoms with E-state index in [9.17, 15) is 19.5 Å². The molecule has 2 N–H and O–H groups in total. The van der Waals surface area contributed by atoms with Gasteiger partial charge in [-0.1, -0.05) is 60.1 Å². The molecule has 0 unspecified atom stereocenters. The summed E-state index contributed by atoms with van der Waals surface area (Å²) in [5.74, 6) is -1.43. The third-order valence-electron chi connectivity index (χ3n) is 11.3. The van der Waals surface area contributed by atoms with Crippen molar-refractivity contribution in [1.29, 1.82) is 0 Å². The summed E-state index contributed by atoms with van der Waals surface area (Å²) < 4.78 is 23.0. The number of amides is 2. The Morgan fingerprint density at radius 1 is 0.942 bits per heavy atom. The number of carbonyl (C=O) groups is 3. The Labute approximate surface area is 312 Å². The van der Waals surface area contributed by atoms with E-state index in [1.807, 2.05) is 35.2 Å². The number of hydrogen-bond acceptors (Lipinski definition) is 6. The Bertz CT molecular complexity index is 1890. The minimum absolute atomic E-state index is 0.0288. The number of carboxylic acid groups (broad SMARTS) is 1. The van der Waals surface area contributed by atoms with Crippen LogP contribution in [0, 0.1) is 23.6 Å². The summed E-state index contributed by atoms with van der Waals surface area (Å²) in [6.45, 7) is 3.92. The lowest BCUT2D eigenvalue weighted by Crippen LogP contribution is -2.41. The number of aliphatic carboxylic acids is 1. The summed E-state index contributed by atoms with van der Waals surface area (Å²) >= 11 is 8.05. The molecule has 3 aromatic carbocycles.